The van der Waals surface area contributed by atoms with Crippen molar-refractivity contribution in [3.05, 3.63) is 63.6 Å². The highest BCUT2D eigenvalue weighted by Crippen LogP contribution is 2.30. The fourth-order valence-corrected chi connectivity index (χ4v) is 3.63. The Bertz CT molecular complexity index is 1140. The van der Waals surface area contributed by atoms with Gasteiger partial charge in [0.1, 0.15) is 11.4 Å². The summed E-state index contributed by atoms with van der Waals surface area (Å²) in [6, 6.07) is 8.51. The average Bonchev–Trinajstić information content (AvgIpc) is 3.43. The number of nitrogens with two attached hydrogens (primary N) is 1. The number of nitrogens with zero attached hydrogens (tertiary/aromatic N) is 2. The number of ether oxygens (including phenoxy) is 1. The summed E-state index contributed by atoms with van der Waals surface area (Å²) in [5.41, 5.74) is 5.03. The maximum Gasteiger partial charge on any atom is 0.435 e. The smallest absolute Gasteiger partial charge is 0.435 e. The van der Waals surface area contributed by atoms with Crippen LogP contribution in [0.1, 0.15) is 33.5 Å². The molecular weight excluding hydrogens is 459 g/mol. The van der Waals surface area contributed by atoms with E-state index >= 15 is 0 Å². The van der Waals surface area contributed by atoms with Crippen LogP contribution < -0.4 is 21.1 Å². The van der Waals surface area contributed by atoms with Gasteiger partial charge in [0.2, 0.25) is 5.91 Å². The van der Waals surface area contributed by atoms with Crippen LogP contribution in [0, 0.1) is 0 Å². The van der Waals surface area contributed by atoms with E-state index < -0.39 is 23.8 Å². The maximum absolute atomic E-state index is 13.3. The zero-order valence-corrected chi connectivity index (χ0v) is 18.6. The third-order valence-electron chi connectivity index (χ3n) is 4.55. The molecule has 0 aliphatic heterocycles. The van der Waals surface area contributed by atoms with Gasteiger partial charge in [-0.15, -0.1) is 11.3 Å². The number of alkyl halides is 3. The van der Waals surface area contributed by atoms with Crippen LogP contribution in [0.4, 0.5) is 13.2 Å². The maximum atomic E-state index is 13.3. The van der Waals surface area contributed by atoms with Crippen LogP contribution in [-0.2, 0) is 24.1 Å². The summed E-state index contributed by atoms with van der Waals surface area (Å²) in [6.45, 7) is 1.77. The second kappa shape index (κ2) is 10.0. The number of thiophene rings is 1. The van der Waals surface area contributed by atoms with Crippen molar-refractivity contribution in [3.63, 3.8) is 0 Å². The molecule has 0 saturated heterocycles. The minimum atomic E-state index is -4.73. The van der Waals surface area contributed by atoms with Crippen LogP contribution in [0.25, 0.3) is 5.69 Å². The number of carbonyl (C=O) groups is 2. The first-order chi connectivity index (χ1) is 15.6. The SMILES string of the molecule is COc1cccc(CNC(=O)c2cc(C(F)(F)F)nn2-c2csc(CNC(=O)[C@H](C)N)c2)c1. The van der Waals surface area contributed by atoms with E-state index in [9.17, 15) is 22.8 Å². The molecule has 0 unspecified atom stereocenters. The minimum absolute atomic E-state index is 0.0841. The van der Waals surface area contributed by atoms with Gasteiger partial charge in [0, 0.05) is 22.9 Å². The van der Waals surface area contributed by atoms with Crippen molar-refractivity contribution in [2.24, 2.45) is 5.73 Å². The van der Waals surface area contributed by atoms with Crippen molar-refractivity contribution in [2.45, 2.75) is 32.2 Å². The lowest BCUT2D eigenvalue weighted by Crippen LogP contribution is -2.37. The second-order valence-corrected chi connectivity index (χ2v) is 8.13. The van der Waals surface area contributed by atoms with Gasteiger partial charge < -0.3 is 21.1 Å². The topological polar surface area (TPSA) is 111 Å². The Kier molecular flexibility index (Phi) is 7.39. The largest absolute Gasteiger partial charge is 0.497 e. The molecule has 0 bridgehead atoms. The zero-order valence-electron chi connectivity index (χ0n) is 17.8. The van der Waals surface area contributed by atoms with Gasteiger partial charge in [0.15, 0.2) is 5.69 Å². The summed E-state index contributed by atoms with van der Waals surface area (Å²) in [6.07, 6.45) is -4.73. The van der Waals surface area contributed by atoms with E-state index in [1.54, 1.807) is 35.7 Å². The Morgan fingerprint density at radius 1 is 1.21 bits per heavy atom. The second-order valence-electron chi connectivity index (χ2n) is 7.14. The molecule has 2 heterocycles. The summed E-state index contributed by atoms with van der Waals surface area (Å²) in [4.78, 5) is 25.1. The molecule has 0 saturated carbocycles. The van der Waals surface area contributed by atoms with Crippen molar-refractivity contribution in [1.29, 1.82) is 0 Å². The number of hydrogen-bond donors (Lipinski definition) is 3. The fourth-order valence-electron chi connectivity index (χ4n) is 2.84. The highest BCUT2D eigenvalue weighted by Gasteiger charge is 2.36. The van der Waals surface area contributed by atoms with E-state index in [0.717, 1.165) is 4.68 Å². The lowest BCUT2D eigenvalue weighted by atomic mass is 10.2. The molecule has 3 aromatic rings. The van der Waals surface area contributed by atoms with Crippen LogP contribution in [0.15, 0.2) is 41.8 Å². The standard InChI is InChI=1S/C21H22F3N5O3S/c1-12(25)19(30)27-10-16-7-14(11-33-16)29-17(8-18(28-29)21(22,23)24)20(31)26-9-13-4-3-5-15(6-13)32-2/h3-8,11-12H,9-10,25H2,1-2H3,(H,26,31)(H,27,30)/t12-/m0/s1. The molecule has 0 aliphatic rings. The number of rotatable bonds is 8. The van der Waals surface area contributed by atoms with Gasteiger partial charge in [0.05, 0.1) is 25.4 Å². The molecular formula is C21H22F3N5O3S. The quantitative estimate of drug-likeness (QED) is 0.458. The Balaban J connectivity index is 1.82. The molecule has 176 valence electrons. The number of benzene rings is 1. The van der Waals surface area contributed by atoms with Crippen molar-refractivity contribution in [3.8, 4) is 11.4 Å². The van der Waals surface area contributed by atoms with Gasteiger partial charge in [-0.1, -0.05) is 12.1 Å². The van der Waals surface area contributed by atoms with Crippen LogP contribution in [0.2, 0.25) is 0 Å². The van der Waals surface area contributed by atoms with E-state index in [4.69, 9.17) is 10.5 Å². The molecule has 1 aromatic carbocycles. The van der Waals surface area contributed by atoms with E-state index in [-0.39, 0.29) is 30.4 Å². The van der Waals surface area contributed by atoms with Crippen LogP contribution >= 0.6 is 11.3 Å². The van der Waals surface area contributed by atoms with Gasteiger partial charge in [-0.25, -0.2) is 4.68 Å². The van der Waals surface area contributed by atoms with Gasteiger partial charge >= 0.3 is 6.18 Å². The normalized spacial score (nSPS) is 12.3. The van der Waals surface area contributed by atoms with Crippen LogP contribution in [-0.4, -0.2) is 34.7 Å². The van der Waals surface area contributed by atoms with Gasteiger partial charge in [0.25, 0.3) is 5.91 Å². The predicted octanol–water partition coefficient (Wildman–Crippen LogP) is 2.85. The van der Waals surface area contributed by atoms with Crippen molar-refractivity contribution >= 4 is 23.2 Å². The third kappa shape index (κ3) is 6.11. The van der Waals surface area contributed by atoms with E-state index in [2.05, 4.69) is 15.7 Å². The Morgan fingerprint density at radius 3 is 2.64 bits per heavy atom. The first kappa shape index (κ1) is 24.3. The van der Waals surface area contributed by atoms with Gasteiger partial charge in [-0.2, -0.15) is 18.3 Å². The summed E-state index contributed by atoms with van der Waals surface area (Å²) >= 11 is 1.21. The molecule has 4 N–H and O–H groups in total. The van der Waals surface area contributed by atoms with Gasteiger partial charge in [-0.3, -0.25) is 9.59 Å². The number of carbonyl (C=O) groups excluding carboxylic acids is 2. The summed E-state index contributed by atoms with van der Waals surface area (Å²) in [5.74, 6) is -0.493. The molecule has 33 heavy (non-hydrogen) atoms. The van der Waals surface area contributed by atoms with Crippen molar-refractivity contribution in [2.75, 3.05) is 7.11 Å². The molecule has 12 heteroatoms. The van der Waals surface area contributed by atoms with Crippen LogP contribution in [0.5, 0.6) is 5.75 Å². The molecule has 3 rings (SSSR count). The highest BCUT2D eigenvalue weighted by molar-refractivity contribution is 7.10. The average molecular weight is 482 g/mol. The molecule has 0 spiro atoms. The zero-order chi connectivity index (χ0) is 24.2. The van der Waals surface area contributed by atoms with E-state index in [0.29, 0.717) is 22.3 Å². The number of amides is 2. The number of hydrogen-bond acceptors (Lipinski definition) is 6. The summed E-state index contributed by atoms with van der Waals surface area (Å²) in [7, 11) is 1.51. The monoisotopic (exact) mass is 481 g/mol. The van der Waals surface area contributed by atoms with Crippen molar-refractivity contribution < 1.29 is 27.5 Å². The van der Waals surface area contributed by atoms with Gasteiger partial charge in [-0.05, 0) is 30.7 Å². The fraction of sp³-hybridized carbons (Fsp3) is 0.286. The van der Waals surface area contributed by atoms with E-state index in [1.807, 2.05) is 0 Å². The minimum Gasteiger partial charge on any atom is -0.497 e. The molecule has 1 atom stereocenters. The molecule has 2 amide bonds. The number of methoxy groups -OCH3 is 1. The Labute approximate surface area is 191 Å². The third-order valence-corrected chi connectivity index (χ3v) is 5.48. The summed E-state index contributed by atoms with van der Waals surface area (Å²) in [5, 5.41) is 10.4. The molecule has 0 radical (unpaired) electrons. The predicted molar refractivity (Wildman–Crippen MR) is 116 cm³/mol. The first-order valence-corrected chi connectivity index (χ1v) is 10.7. The molecule has 0 aliphatic carbocycles. The highest BCUT2D eigenvalue weighted by atomic mass is 32.1. The molecule has 0 fully saturated rings. The van der Waals surface area contributed by atoms with Crippen LogP contribution in [0.3, 0.4) is 0 Å². The number of nitrogens with one attached hydrogen (secondary N) is 2. The summed E-state index contributed by atoms with van der Waals surface area (Å²) < 4.78 is 46.0. The lowest BCUT2D eigenvalue weighted by molar-refractivity contribution is -0.141. The molecule has 8 nitrogen and oxygen atoms in total. The van der Waals surface area contributed by atoms with Crippen molar-refractivity contribution in [1.82, 2.24) is 20.4 Å². The number of aromatic nitrogens is 2. The Morgan fingerprint density at radius 2 is 1.97 bits per heavy atom. The molecule has 2 aromatic heterocycles. The lowest BCUT2D eigenvalue weighted by Gasteiger charge is -2.08. The Hall–Kier alpha value is -3.38. The number of halogens is 3. The van der Waals surface area contributed by atoms with E-state index in [1.165, 1.54) is 25.4 Å². The first-order valence-electron chi connectivity index (χ1n) is 9.78.